The first-order chi connectivity index (χ1) is 17.9. The molecule has 194 valence electrons. The topological polar surface area (TPSA) is 69.7 Å². The summed E-state index contributed by atoms with van der Waals surface area (Å²) >= 11 is 0. The van der Waals surface area contributed by atoms with Gasteiger partial charge in [-0.2, -0.15) is 0 Å². The van der Waals surface area contributed by atoms with E-state index in [4.69, 9.17) is 0 Å². The number of hydrogen-bond donors (Lipinski definition) is 1. The zero-order valence-corrected chi connectivity index (χ0v) is 22.4. The van der Waals surface area contributed by atoms with Crippen LogP contribution < -0.4 is 4.72 Å². The van der Waals surface area contributed by atoms with Gasteiger partial charge in [-0.05, 0) is 60.7 Å². The van der Waals surface area contributed by atoms with E-state index in [1.807, 2.05) is 60.4 Å². The van der Waals surface area contributed by atoms with Crippen LogP contribution in [-0.2, 0) is 28.6 Å². The van der Waals surface area contributed by atoms with Crippen molar-refractivity contribution in [1.29, 1.82) is 0 Å². The van der Waals surface area contributed by atoms with E-state index in [-0.39, 0.29) is 11.8 Å². The normalized spacial score (nSPS) is 14.3. The van der Waals surface area contributed by atoms with E-state index in [0.29, 0.717) is 43.1 Å². The Labute approximate surface area is 222 Å². The maximum absolute atomic E-state index is 13.3. The summed E-state index contributed by atoms with van der Waals surface area (Å²) in [6.07, 6.45) is 3.72. The summed E-state index contributed by atoms with van der Waals surface area (Å²) in [6.45, 7) is 6.05. The summed E-state index contributed by atoms with van der Waals surface area (Å²) in [5, 5.41) is 0. The number of rotatable bonds is 9. The zero-order chi connectivity index (χ0) is 26.2. The van der Waals surface area contributed by atoms with Crippen LogP contribution in [0.1, 0.15) is 46.8 Å². The molecule has 1 N–H and O–H groups in total. The maximum Gasteiger partial charge on any atom is 0.254 e. The van der Waals surface area contributed by atoms with E-state index in [2.05, 4.69) is 23.8 Å². The molecule has 1 aliphatic rings. The largest absolute Gasteiger partial charge is 0.339 e. The van der Waals surface area contributed by atoms with Crippen LogP contribution in [0.3, 0.4) is 0 Å². The van der Waals surface area contributed by atoms with Gasteiger partial charge < -0.3 is 14.5 Å². The first-order valence-corrected chi connectivity index (χ1v) is 14.1. The van der Waals surface area contributed by atoms with Gasteiger partial charge in [-0.1, -0.05) is 61.9 Å². The van der Waals surface area contributed by atoms with E-state index in [0.717, 1.165) is 36.1 Å². The van der Waals surface area contributed by atoms with E-state index in [9.17, 15) is 13.8 Å². The Kier molecular flexibility index (Phi) is 9.12. The summed E-state index contributed by atoms with van der Waals surface area (Å²) in [5.41, 5.74) is 4.43. The number of benzene rings is 3. The van der Waals surface area contributed by atoms with Crippen LogP contribution in [0.5, 0.6) is 0 Å². The van der Waals surface area contributed by atoms with E-state index < -0.39 is 11.0 Å². The van der Waals surface area contributed by atoms with Crippen molar-refractivity contribution in [3.63, 3.8) is 0 Å². The molecule has 0 spiro atoms. The Morgan fingerprint density at radius 1 is 0.865 bits per heavy atom. The predicted molar refractivity (Wildman–Crippen MR) is 149 cm³/mol. The van der Waals surface area contributed by atoms with Gasteiger partial charge in [0.2, 0.25) is 5.91 Å². The van der Waals surface area contributed by atoms with Crippen LogP contribution in [0.2, 0.25) is 0 Å². The third-order valence-corrected chi connectivity index (χ3v) is 7.86. The summed E-state index contributed by atoms with van der Waals surface area (Å²) in [5.74, 6) is -0.0110. The fourth-order valence-corrected chi connectivity index (χ4v) is 5.33. The number of piperazine rings is 1. The molecular formula is C30H35N3O3S. The quantitative estimate of drug-likeness (QED) is 0.434. The van der Waals surface area contributed by atoms with Gasteiger partial charge in [-0.15, -0.1) is 0 Å². The molecule has 1 fully saturated rings. The number of hydrogen-bond acceptors (Lipinski definition) is 3. The average molecular weight is 518 g/mol. The number of unbranched alkanes of at least 4 members (excludes halogenated alkanes) is 1. The van der Waals surface area contributed by atoms with E-state index in [1.165, 1.54) is 5.56 Å². The minimum Gasteiger partial charge on any atom is -0.339 e. The van der Waals surface area contributed by atoms with Gasteiger partial charge in [-0.25, -0.2) is 4.21 Å². The van der Waals surface area contributed by atoms with Crippen molar-refractivity contribution >= 4 is 28.5 Å². The number of nitrogens with one attached hydrogen (secondary N) is 1. The molecule has 0 aromatic heterocycles. The molecule has 0 aliphatic carbocycles. The Hall–Kier alpha value is -3.45. The van der Waals surface area contributed by atoms with Gasteiger partial charge >= 0.3 is 0 Å². The highest BCUT2D eigenvalue weighted by Gasteiger charge is 2.26. The van der Waals surface area contributed by atoms with E-state index in [1.54, 1.807) is 17.0 Å². The third-order valence-electron chi connectivity index (χ3n) is 6.75. The van der Waals surface area contributed by atoms with Crippen molar-refractivity contribution in [2.75, 3.05) is 30.9 Å². The highest BCUT2D eigenvalue weighted by Crippen LogP contribution is 2.20. The lowest BCUT2D eigenvalue weighted by molar-refractivity contribution is -0.131. The maximum atomic E-state index is 13.3. The molecule has 1 heterocycles. The minimum absolute atomic E-state index is 0.0799. The molecule has 0 radical (unpaired) electrons. The van der Waals surface area contributed by atoms with Crippen molar-refractivity contribution in [2.45, 2.75) is 44.4 Å². The molecule has 0 saturated carbocycles. The van der Waals surface area contributed by atoms with Gasteiger partial charge in [-0.3, -0.25) is 9.59 Å². The van der Waals surface area contributed by atoms with Gasteiger partial charge in [0.15, 0.2) is 0 Å². The molecule has 37 heavy (non-hydrogen) atoms. The SMILES string of the molecule is CCCCc1ccc(NS(=O)c2ccc(C)c(C(=O)N3CCN(C(=O)Cc4ccccc4)CC3)c2)cc1. The standard InChI is InChI=1S/C30H35N3O3S/c1-3-4-8-24-12-14-26(15-13-24)31-37(36)27-16-11-23(2)28(22-27)30(35)33-19-17-32(18-20-33)29(34)21-25-9-6-5-7-10-25/h5-7,9-16,22,31H,3-4,8,17-21H2,1-2H3. The monoisotopic (exact) mass is 517 g/mol. The smallest absolute Gasteiger partial charge is 0.254 e. The lowest BCUT2D eigenvalue weighted by atomic mass is 10.1. The van der Waals surface area contributed by atoms with Crippen LogP contribution in [-0.4, -0.2) is 52.0 Å². The number of carbonyl (C=O) groups excluding carboxylic acids is 2. The van der Waals surface area contributed by atoms with E-state index >= 15 is 0 Å². The molecule has 4 rings (SSSR count). The first kappa shape index (κ1) is 26.6. The van der Waals surface area contributed by atoms with Gasteiger partial charge in [0.25, 0.3) is 5.91 Å². The lowest BCUT2D eigenvalue weighted by Gasteiger charge is -2.35. The second-order valence-electron chi connectivity index (χ2n) is 9.48. The van der Waals surface area contributed by atoms with Crippen LogP contribution in [0.4, 0.5) is 5.69 Å². The molecular weight excluding hydrogens is 482 g/mol. The molecule has 7 heteroatoms. The number of aryl methyl sites for hydroxylation is 2. The molecule has 1 atom stereocenters. The Bertz CT molecular complexity index is 1240. The highest BCUT2D eigenvalue weighted by atomic mass is 32.2. The number of nitrogens with zero attached hydrogens (tertiary/aromatic N) is 2. The predicted octanol–water partition coefficient (Wildman–Crippen LogP) is 5.00. The molecule has 1 aliphatic heterocycles. The Balaban J connectivity index is 1.36. The summed E-state index contributed by atoms with van der Waals surface area (Å²) < 4.78 is 16.1. The molecule has 3 aromatic rings. The molecule has 2 amide bonds. The number of carbonyl (C=O) groups is 2. The molecule has 0 bridgehead atoms. The van der Waals surface area contributed by atoms with Crippen molar-refractivity contribution in [1.82, 2.24) is 9.80 Å². The highest BCUT2D eigenvalue weighted by molar-refractivity contribution is 7.86. The van der Waals surface area contributed by atoms with Gasteiger partial charge in [0.1, 0.15) is 11.0 Å². The lowest BCUT2D eigenvalue weighted by Crippen LogP contribution is -2.51. The number of anilines is 1. The molecule has 1 unspecified atom stereocenters. The Morgan fingerprint density at radius 3 is 2.22 bits per heavy atom. The number of amides is 2. The molecule has 3 aromatic carbocycles. The fourth-order valence-electron chi connectivity index (χ4n) is 4.44. The summed E-state index contributed by atoms with van der Waals surface area (Å²) in [4.78, 5) is 30.2. The zero-order valence-electron chi connectivity index (χ0n) is 21.6. The third kappa shape index (κ3) is 7.07. The Morgan fingerprint density at radius 2 is 1.54 bits per heavy atom. The second-order valence-corrected chi connectivity index (χ2v) is 10.7. The van der Waals surface area contributed by atoms with Crippen LogP contribution >= 0.6 is 0 Å². The van der Waals surface area contributed by atoms with Crippen molar-refractivity contribution in [3.05, 3.63) is 95.1 Å². The van der Waals surface area contributed by atoms with Crippen molar-refractivity contribution in [2.24, 2.45) is 0 Å². The first-order valence-electron chi connectivity index (χ1n) is 12.9. The second kappa shape index (κ2) is 12.7. The molecule has 6 nitrogen and oxygen atoms in total. The van der Waals surface area contributed by atoms with Crippen molar-refractivity contribution < 1.29 is 13.8 Å². The fraction of sp³-hybridized carbons (Fsp3) is 0.333. The average Bonchev–Trinajstić information content (AvgIpc) is 2.93. The van der Waals surface area contributed by atoms with Gasteiger partial charge in [0.05, 0.1) is 11.3 Å². The van der Waals surface area contributed by atoms with Gasteiger partial charge in [0, 0.05) is 37.4 Å². The summed E-state index contributed by atoms with van der Waals surface area (Å²) in [7, 11) is -1.49. The van der Waals surface area contributed by atoms with Crippen LogP contribution in [0, 0.1) is 6.92 Å². The summed E-state index contributed by atoms with van der Waals surface area (Å²) in [6, 6.07) is 23.1. The van der Waals surface area contributed by atoms with Crippen LogP contribution in [0.15, 0.2) is 77.7 Å². The van der Waals surface area contributed by atoms with Crippen molar-refractivity contribution in [3.8, 4) is 0 Å². The van der Waals surface area contributed by atoms with Crippen LogP contribution in [0.25, 0.3) is 0 Å². The minimum atomic E-state index is -1.49. The molecule has 1 saturated heterocycles.